The standard InChI is InChI=1S/C9H10N3.C5H5N2.C2H3N.C2H4O.2Y/c1-7-9(10-2)12-6-4-3-5-8(12)11-7;6-5-3-1-2-4-7-5;1-3-2;1-2-3;;/h3,5-6,10H,1-2H3;1,3-4H,(H2,6,7);1H3;2H,1H3;;/q2*-1;;;;. The Hall–Kier alpha value is -1.19. The molecule has 0 aliphatic heterocycles. The zero-order valence-electron chi connectivity index (χ0n) is 16.0. The quantitative estimate of drug-likeness (QED) is 0.384. The first-order valence-corrected chi connectivity index (χ1v) is 7.31. The van der Waals surface area contributed by atoms with Gasteiger partial charge in [0.1, 0.15) is 12.1 Å². The van der Waals surface area contributed by atoms with Crippen LogP contribution in [0.4, 0.5) is 11.6 Å². The van der Waals surface area contributed by atoms with Crippen LogP contribution < -0.4 is 11.1 Å². The molecule has 0 saturated heterocycles. The number of nitrogens with one attached hydrogen (secondary N) is 1. The Morgan fingerprint density at radius 1 is 1.30 bits per heavy atom. The summed E-state index contributed by atoms with van der Waals surface area (Å²) in [7, 11) is 3.31. The van der Waals surface area contributed by atoms with Gasteiger partial charge in [0.15, 0.2) is 0 Å². The summed E-state index contributed by atoms with van der Waals surface area (Å²) in [6.45, 7) is 9.26. The van der Waals surface area contributed by atoms with Crippen molar-refractivity contribution < 1.29 is 70.2 Å². The monoisotopic (exact) mass is 516 g/mol. The van der Waals surface area contributed by atoms with Crippen LogP contribution in [-0.2, 0) is 70.2 Å². The molecule has 0 fully saturated rings. The smallest absolute Gasteiger partial charge is 0.205 e. The molecule has 0 unspecified atom stereocenters. The van der Waals surface area contributed by atoms with Crippen LogP contribution in [0.1, 0.15) is 12.6 Å². The van der Waals surface area contributed by atoms with Crippen LogP contribution in [0.2, 0.25) is 0 Å². The van der Waals surface area contributed by atoms with Crippen LogP contribution in [0.15, 0.2) is 36.7 Å². The molecule has 0 saturated carbocycles. The van der Waals surface area contributed by atoms with E-state index in [4.69, 9.17) is 17.1 Å². The SMILES string of the molecule is CC=O.CNc1c(C)nc2cc[c-]cn12.Nc1cc[c-]cn1.[C-]#[N+]C.[Y].[Y]. The summed E-state index contributed by atoms with van der Waals surface area (Å²) >= 11 is 0. The molecule has 3 rings (SSSR count). The molecule has 3 heterocycles. The maximum atomic E-state index is 8.81. The Labute approximate surface area is 211 Å². The molecule has 138 valence electrons. The summed E-state index contributed by atoms with van der Waals surface area (Å²) in [6, 6.07) is 13.0. The van der Waals surface area contributed by atoms with Gasteiger partial charge in [0, 0.05) is 78.3 Å². The van der Waals surface area contributed by atoms with Crippen LogP contribution in [-0.4, -0.2) is 34.8 Å². The molecule has 0 aromatic carbocycles. The molecule has 27 heavy (non-hydrogen) atoms. The van der Waals surface area contributed by atoms with Gasteiger partial charge in [0.25, 0.3) is 0 Å². The van der Waals surface area contributed by atoms with Crippen molar-refractivity contribution in [3.05, 3.63) is 65.9 Å². The van der Waals surface area contributed by atoms with Crippen molar-refractivity contribution in [1.29, 1.82) is 0 Å². The number of fused-ring (bicyclic) bond motifs is 1. The topological polar surface area (TPSA) is 89.7 Å². The van der Waals surface area contributed by atoms with Gasteiger partial charge in [0.05, 0.1) is 11.3 Å². The van der Waals surface area contributed by atoms with Crippen molar-refractivity contribution in [3.8, 4) is 0 Å². The Kier molecular flexibility index (Phi) is 22.1. The van der Waals surface area contributed by atoms with Crippen LogP contribution in [0.25, 0.3) is 10.5 Å². The maximum absolute atomic E-state index is 8.81. The minimum absolute atomic E-state index is 0. The van der Waals surface area contributed by atoms with Crippen LogP contribution in [0.5, 0.6) is 0 Å². The Morgan fingerprint density at radius 2 is 1.85 bits per heavy atom. The molecular formula is C18H22N6OY2-2. The minimum Gasteiger partial charge on any atom is -0.399 e. The number of aryl methyl sites for hydroxylation is 1. The summed E-state index contributed by atoms with van der Waals surface area (Å²) < 4.78 is 1.98. The molecule has 3 aromatic rings. The van der Waals surface area contributed by atoms with Gasteiger partial charge in [0.2, 0.25) is 7.05 Å². The van der Waals surface area contributed by atoms with Crippen molar-refractivity contribution in [3.63, 3.8) is 0 Å². The second-order valence-corrected chi connectivity index (χ2v) is 4.30. The fourth-order valence-corrected chi connectivity index (χ4v) is 1.69. The van der Waals surface area contributed by atoms with E-state index in [0.717, 1.165) is 23.4 Å². The summed E-state index contributed by atoms with van der Waals surface area (Å²) in [5.74, 6) is 1.57. The first-order chi connectivity index (χ1) is 12.0. The van der Waals surface area contributed by atoms with Crippen LogP contribution >= 0.6 is 0 Å². The molecule has 0 aliphatic carbocycles. The van der Waals surface area contributed by atoms with E-state index in [-0.39, 0.29) is 65.4 Å². The van der Waals surface area contributed by atoms with E-state index >= 15 is 0 Å². The zero-order valence-corrected chi connectivity index (χ0v) is 21.6. The van der Waals surface area contributed by atoms with E-state index in [1.54, 1.807) is 12.1 Å². The van der Waals surface area contributed by atoms with Gasteiger partial charge >= 0.3 is 0 Å². The van der Waals surface area contributed by atoms with Gasteiger partial charge < -0.3 is 25.1 Å². The van der Waals surface area contributed by atoms with Crippen molar-refractivity contribution >= 4 is 23.6 Å². The third kappa shape index (κ3) is 12.8. The molecule has 3 aromatic heterocycles. The van der Waals surface area contributed by atoms with Gasteiger partial charge in [-0.25, -0.2) is 30.8 Å². The van der Waals surface area contributed by atoms with Crippen molar-refractivity contribution in [2.75, 3.05) is 25.1 Å². The number of nitrogen functional groups attached to an aromatic ring is 1. The van der Waals surface area contributed by atoms with Crippen molar-refractivity contribution in [2.45, 2.75) is 13.8 Å². The van der Waals surface area contributed by atoms with Gasteiger partial charge in [-0.15, -0.1) is 0 Å². The number of hydrogen-bond donors (Lipinski definition) is 2. The molecule has 7 nitrogen and oxygen atoms in total. The Morgan fingerprint density at radius 3 is 2.26 bits per heavy atom. The van der Waals surface area contributed by atoms with E-state index in [1.165, 1.54) is 20.2 Å². The molecular weight excluding hydrogens is 494 g/mol. The predicted octanol–water partition coefficient (Wildman–Crippen LogP) is 2.68. The first-order valence-electron chi connectivity index (χ1n) is 7.31. The molecule has 3 N–H and O–H groups in total. The van der Waals surface area contributed by atoms with Crippen molar-refractivity contribution in [1.82, 2.24) is 14.4 Å². The van der Waals surface area contributed by atoms with E-state index < -0.39 is 0 Å². The van der Waals surface area contributed by atoms with Gasteiger partial charge in [-0.2, -0.15) is 12.1 Å². The predicted molar refractivity (Wildman–Crippen MR) is 100 cm³/mol. The summed E-state index contributed by atoms with van der Waals surface area (Å²) in [4.78, 5) is 19.6. The maximum Gasteiger partial charge on any atom is 0.205 e. The number of nitrogens with two attached hydrogens (primary N) is 1. The first kappa shape index (κ1) is 30.5. The molecule has 9 heteroatoms. The largest absolute Gasteiger partial charge is 0.399 e. The van der Waals surface area contributed by atoms with Gasteiger partial charge in [-0.05, 0) is 13.8 Å². The van der Waals surface area contributed by atoms with E-state index in [2.05, 4.69) is 32.3 Å². The average molecular weight is 516 g/mol. The number of pyridine rings is 2. The molecule has 0 aliphatic rings. The minimum atomic E-state index is 0. The number of nitrogens with zero attached hydrogens (tertiary/aromatic N) is 4. The number of carbonyl (C=O) groups excluding carboxylic acids is 1. The van der Waals surface area contributed by atoms with Gasteiger partial charge in [-0.3, -0.25) is 9.97 Å². The Bertz CT molecular complexity index is 787. The fraction of sp³-hybridized carbons (Fsp3) is 0.222. The summed E-state index contributed by atoms with van der Waals surface area (Å²) in [5, 5.41) is 3.10. The van der Waals surface area contributed by atoms with Crippen LogP contribution in [0, 0.1) is 25.6 Å². The summed E-state index contributed by atoms with van der Waals surface area (Å²) in [6.07, 6.45) is 4.16. The molecule has 0 amide bonds. The van der Waals surface area contributed by atoms with E-state index in [9.17, 15) is 0 Å². The normalized spacial score (nSPS) is 7.67. The number of carbonyl (C=O) groups is 1. The molecule has 0 spiro atoms. The number of hydrogen-bond acceptors (Lipinski definition) is 5. The molecule has 0 atom stereocenters. The van der Waals surface area contributed by atoms with Crippen LogP contribution in [0.3, 0.4) is 0 Å². The third-order valence-corrected chi connectivity index (χ3v) is 2.52. The fourth-order valence-electron chi connectivity index (χ4n) is 1.69. The number of aromatic nitrogens is 3. The van der Waals surface area contributed by atoms with Gasteiger partial charge in [-0.1, -0.05) is 12.4 Å². The number of anilines is 2. The molecule has 2 radical (unpaired) electrons. The number of rotatable bonds is 1. The second kappa shape index (κ2) is 19.6. The molecule has 0 bridgehead atoms. The summed E-state index contributed by atoms with van der Waals surface area (Å²) in [5.41, 5.74) is 7.19. The third-order valence-electron chi connectivity index (χ3n) is 2.52. The van der Waals surface area contributed by atoms with E-state index in [1.807, 2.05) is 36.7 Å². The second-order valence-electron chi connectivity index (χ2n) is 4.30. The van der Waals surface area contributed by atoms with E-state index in [0.29, 0.717) is 5.82 Å². The van der Waals surface area contributed by atoms with Crippen molar-refractivity contribution in [2.24, 2.45) is 0 Å². The zero-order chi connectivity index (χ0) is 19.1. The number of imidazole rings is 1. The average Bonchev–Trinajstić information content (AvgIpc) is 2.92. The Balaban J connectivity index is -0.000000332. The number of aldehydes is 1.